The number of rotatable bonds is 13. The van der Waals surface area contributed by atoms with E-state index < -0.39 is 8.80 Å². The van der Waals surface area contributed by atoms with E-state index in [1.54, 1.807) is 20.5 Å². The fourth-order valence-electron chi connectivity index (χ4n) is 3.35. The van der Waals surface area contributed by atoms with Crippen molar-refractivity contribution in [2.75, 3.05) is 27.4 Å². The van der Waals surface area contributed by atoms with Crippen molar-refractivity contribution >= 4 is 8.80 Å². The summed E-state index contributed by atoms with van der Waals surface area (Å²) in [5.74, 6) is 0.730. The Balaban J connectivity index is 1.60. The molecule has 3 unspecified atom stereocenters. The first kappa shape index (κ1) is 19.9. The zero-order valence-electron chi connectivity index (χ0n) is 15.5. The van der Waals surface area contributed by atoms with Crippen molar-refractivity contribution < 1.29 is 22.8 Å². The molecule has 3 atom stereocenters. The number of unbranched alkanes of at least 4 members (excludes halogenated alkanes) is 1. The second-order valence-electron chi connectivity index (χ2n) is 6.73. The summed E-state index contributed by atoms with van der Waals surface area (Å²) in [7, 11) is 0.922. The van der Waals surface area contributed by atoms with Gasteiger partial charge in [0.15, 0.2) is 0 Å². The van der Waals surface area contributed by atoms with Crippen LogP contribution < -0.4 is 0 Å². The highest BCUT2D eigenvalue weighted by atomic mass is 28.4. The van der Waals surface area contributed by atoms with Crippen molar-refractivity contribution in [2.45, 2.75) is 70.1 Å². The molecule has 0 amide bonds. The minimum atomic E-state index is -2.51. The Bertz CT molecular complexity index is 372. The molecule has 0 N–H and O–H groups in total. The van der Waals surface area contributed by atoms with Crippen LogP contribution in [-0.4, -0.2) is 48.4 Å². The van der Waals surface area contributed by atoms with Gasteiger partial charge in [-0.25, -0.2) is 0 Å². The van der Waals surface area contributed by atoms with Crippen LogP contribution in [0.15, 0.2) is 12.3 Å². The second-order valence-corrected chi connectivity index (χ2v) is 9.70. The van der Waals surface area contributed by atoms with Gasteiger partial charge in [0.2, 0.25) is 0 Å². The van der Waals surface area contributed by atoms with Gasteiger partial charge >= 0.3 is 8.80 Å². The number of hydrogen-bond acceptors (Lipinski definition) is 5. The van der Waals surface area contributed by atoms with Crippen LogP contribution in [0, 0.1) is 5.92 Å². The number of fused-ring (bicyclic) bond motifs is 1. The molecule has 6 heteroatoms. The third-order valence-electron chi connectivity index (χ3n) is 5.00. The lowest BCUT2D eigenvalue weighted by molar-refractivity contribution is 0.0916. The van der Waals surface area contributed by atoms with E-state index in [-0.39, 0.29) is 0 Å². The van der Waals surface area contributed by atoms with E-state index in [0.717, 1.165) is 44.3 Å². The number of allylic oxidation sites excluding steroid dienone is 1. The van der Waals surface area contributed by atoms with Crippen LogP contribution in [0.4, 0.5) is 0 Å². The van der Waals surface area contributed by atoms with E-state index in [0.29, 0.717) is 18.8 Å². The molecule has 0 aromatic rings. The molecule has 2 rings (SSSR count). The van der Waals surface area contributed by atoms with Gasteiger partial charge in [-0.05, 0) is 50.9 Å². The molecule has 0 spiro atoms. The number of epoxide rings is 1. The lowest BCUT2D eigenvalue weighted by Gasteiger charge is -2.28. The van der Waals surface area contributed by atoms with Gasteiger partial charge in [0.05, 0.1) is 25.1 Å². The van der Waals surface area contributed by atoms with Gasteiger partial charge < -0.3 is 22.8 Å². The normalized spacial score (nSPS) is 26.5. The molecule has 24 heavy (non-hydrogen) atoms. The standard InChI is InChI=1S/C18H34O5Si/c1-4-5-11-21-12-6-7-13-22-24(19-2,20-3)14-10-16-8-9-17-18(15-16)23-17/h5,11,16-18H,4,6-10,12-15H2,1-3H3. The highest BCUT2D eigenvalue weighted by Gasteiger charge is 2.45. The largest absolute Gasteiger partial charge is 0.502 e. The van der Waals surface area contributed by atoms with E-state index in [1.165, 1.54) is 19.3 Å². The van der Waals surface area contributed by atoms with E-state index >= 15 is 0 Å². The summed E-state index contributed by atoms with van der Waals surface area (Å²) in [6.07, 6.45) is 12.7. The average molecular weight is 359 g/mol. The maximum absolute atomic E-state index is 6.07. The van der Waals surface area contributed by atoms with E-state index in [4.69, 9.17) is 22.8 Å². The molecule has 0 aromatic carbocycles. The molecule has 0 aromatic heterocycles. The lowest BCUT2D eigenvalue weighted by Crippen LogP contribution is -2.44. The maximum Gasteiger partial charge on any atom is 0.500 e. The summed E-state index contributed by atoms with van der Waals surface area (Å²) in [5, 5.41) is 0. The van der Waals surface area contributed by atoms with E-state index in [1.807, 2.05) is 6.08 Å². The molecule has 1 saturated heterocycles. The van der Waals surface area contributed by atoms with Crippen molar-refractivity contribution in [2.24, 2.45) is 5.92 Å². The summed E-state index contributed by atoms with van der Waals surface area (Å²) < 4.78 is 28.5. The summed E-state index contributed by atoms with van der Waals surface area (Å²) in [6.45, 7) is 3.50. The van der Waals surface area contributed by atoms with Crippen LogP contribution in [0.2, 0.25) is 6.04 Å². The SMILES string of the molecule is CCC=COCCCCO[Si](CCC1CCC2OC2C1)(OC)OC. The van der Waals surface area contributed by atoms with Gasteiger partial charge in [-0.3, -0.25) is 0 Å². The Labute approximate surface area is 148 Å². The van der Waals surface area contributed by atoms with Crippen LogP contribution in [0.5, 0.6) is 0 Å². The molecule has 2 aliphatic rings. The Morgan fingerprint density at radius 2 is 1.88 bits per heavy atom. The van der Waals surface area contributed by atoms with Gasteiger partial charge in [-0.2, -0.15) is 0 Å². The zero-order chi connectivity index (χ0) is 17.3. The van der Waals surface area contributed by atoms with Gasteiger partial charge in [0, 0.05) is 26.9 Å². The molecule has 1 aliphatic heterocycles. The molecular weight excluding hydrogens is 324 g/mol. The lowest BCUT2D eigenvalue weighted by atomic mass is 9.88. The van der Waals surface area contributed by atoms with Gasteiger partial charge in [0.1, 0.15) is 0 Å². The molecule has 1 saturated carbocycles. The summed E-state index contributed by atoms with van der Waals surface area (Å²) in [4.78, 5) is 0. The van der Waals surface area contributed by atoms with Crippen molar-refractivity contribution in [3.05, 3.63) is 12.3 Å². The monoisotopic (exact) mass is 358 g/mol. The summed E-state index contributed by atoms with van der Waals surface area (Å²) >= 11 is 0. The van der Waals surface area contributed by atoms with Gasteiger partial charge in [-0.15, -0.1) is 0 Å². The number of ether oxygens (including phenoxy) is 2. The first-order chi connectivity index (χ1) is 11.7. The van der Waals surface area contributed by atoms with Crippen LogP contribution in [0.1, 0.15) is 51.9 Å². The minimum Gasteiger partial charge on any atom is -0.502 e. The fourth-order valence-corrected chi connectivity index (χ4v) is 5.53. The van der Waals surface area contributed by atoms with Gasteiger partial charge in [-0.1, -0.05) is 13.0 Å². The smallest absolute Gasteiger partial charge is 0.500 e. The van der Waals surface area contributed by atoms with Crippen LogP contribution >= 0.6 is 0 Å². The predicted octanol–water partition coefficient (Wildman–Crippen LogP) is 3.91. The summed E-state index contributed by atoms with van der Waals surface area (Å²) in [5.41, 5.74) is 0. The topological polar surface area (TPSA) is 49.5 Å². The molecule has 140 valence electrons. The van der Waals surface area contributed by atoms with Gasteiger partial charge in [0.25, 0.3) is 0 Å². The van der Waals surface area contributed by atoms with Crippen LogP contribution in [0.25, 0.3) is 0 Å². The Morgan fingerprint density at radius 3 is 2.58 bits per heavy atom. The quantitative estimate of drug-likeness (QED) is 0.216. The Morgan fingerprint density at radius 1 is 1.08 bits per heavy atom. The predicted molar refractivity (Wildman–Crippen MR) is 95.8 cm³/mol. The highest BCUT2D eigenvalue weighted by Crippen LogP contribution is 2.41. The average Bonchev–Trinajstić information content (AvgIpc) is 3.39. The van der Waals surface area contributed by atoms with Crippen molar-refractivity contribution in [1.29, 1.82) is 0 Å². The third-order valence-corrected chi connectivity index (χ3v) is 7.79. The Kier molecular flexibility index (Phi) is 8.76. The highest BCUT2D eigenvalue weighted by molar-refractivity contribution is 6.60. The van der Waals surface area contributed by atoms with Crippen molar-refractivity contribution in [3.63, 3.8) is 0 Å². The fraction of sp³-hybridized carbons (Fsp3) is 0.889. The van der Waals surface area contributed by atoms with Crippen molar-refractivity contribution in [3.8, 4) is 0 Å². The molecule has 2 fully saturated rings. The maximum atomic E-state index is 6.07. The molecule has 5 nitrogen and oxygen atoms in total. The van der Waals surface area contributed by atoms with Crippen LogP contribution in [-0.2, 0) is 22.8 Å². The number of hydrogen-bond donors (Lipinski definition) is 0. The third kappa shape index (κ3) is 6.48. The van der Waals surface area contributed by atoms with E-state index in [2.05, 4.69) is 6.92 Å². The molecule has 0 radical (unpaired) electrons. The zero-order valence-corrected chi connectivity index (χ0v) is 16.5. The first-order valence-corrected chi connectivity index (χ1v) is 11.3. The Hall–Kier alpha value is -0.403. The second kappa shape index (κ2) is 10.6. The molecule has 0 bridgehead atoms. The van der Waals surface area contributed by atoms with E-state index in [9.17, 15) is 0 Å². The molecular formula is C18H34O5Si. The van der Waals surface area contributed by atoms with Crippen LogP contribution in [0.3, 0.4) is 0 Å². The molecule has 1 heterocycles. The first-order valence-electron chi connectivity index (χ1n) is 9.39. The minimum absolute atomic E-state index is 0.535. The van der Waals surface area contributed by atoms with Crippen molar-refractivity contribution in [1.82, 2.24) is 0 Å². The summed E-state index contributed by atoms with van der Waals surface area (Å²) in [6, 6.07) is 0.901. The molecule has 1 aliphatic carbocycles.